The van der Waals surface area contributed by atoms with Crippen LogP contribution in [0.4, 0.5) is 18.9 Å². The molecule has 1 atom stereocenters. The highest BCUT2D eigenvalue weighted by molar-refractivity contribution is 5.95. The number of benzene rings is 1. The summed E-state index contributed by atoms with van der Waals surface area (Å²) >= 11 is 0. The molecule has 0 saturated carbocycles. The molecule has 0 saturated heterocycles. The lowest BCUT2D eigenvalue weighted by Crippen LogP contribution is -2.29. The van der Waals surface area contributed by atoms with Crippen molar-refractivity contribution in [3.05, 3.63) is 41.2 Å². The summed E-state index contributed by atoms with van der Waals surface area (Å²) < 4.78 is 47.1. The van der Waals surface area contributed by atoms with E-state index in [1.54, 1.807) is 11.9 Å². The molecule has 2 aromatic rings. The van der Waals surface area contributed by atoms with E-state index in [9.17, 15) is 22.8 Å². The first-order valence-corrected chi connectivity index (χ1v) is 9.18. The monoisotopic (exact) mass is 426 g/mol. The first kappa shape index (κ1) is 21.6. The van der Waals surface area contributed by atoms with Crippen molar-refractivity contribution >= 4 is 17.5 Å². The van der Waals surface area contributed by atoms with Crippen LogP contribution >= 0.6 is 0 Å². The fourth-order valence-electron chi connectivity index (χ4n) is 3.23. The van der Waals surface area contributed by atoms with E-state index in [0.29, 0.717) is 24.3 Å². The Hall–Kier alpha value is -3.08. The van der Waals surface area contributed by atoms with Crippen molar-refractivity contribution < 1.29 is 32.2 Å². The highest BCUT2D eigenvalue weighted by atomic mass is 19.4. The second kappa shape index (κ2) is 8.74. The number of aromatic amines is 1. The maximum atomic E-state index is 12.2. The van der Waals surface area contributed by atoms with Gasteiger partial charge in [0.25, 0.3) is 5.91 Å². The molecule has 1 unspecified atom stereocenters. The number of ether oxygens (including phenoxy) is 2. The van der Waals surface area contributed by atoms with Gasteiger partial charge in [-0.1, -0.05) is 12.1 Å². The molecule has 0 radical (unpaired) electrons. The van der Waals surface area contributed by atoms with Gasteiger partial charge in [-0.05, 0) is 12.1 Å². The molecule has 0 aliphatic carbocycles. The third kappa shape index (κ3) is 5.09. The highest BCUT2D eigenvalue weighted by Crippen LogP contribution is 2.30. The van der Waals surface area contributed by atoms with Crippen molar-refractivity contribution in [3.8, 4) is 5.75 Å². The van der Waals surface area contributed by atoms with E-state index in [4.69, 9.17) is 15.2 Å². The molecule has 2 amide bonds. The molecule has 0 bridgehead atoms. The van der Waals surface area contributed by atoms with Gasteiger partial charge in [-0.25, -0.2) is 0 Å². The van der Waals surface area contributed by atoms with Crippen molar-refractivity contribution in [2.75, 3.05) is 18.6 Å². The van der Waals surface area contributed by atoms with Crippen molar-refractivity contribution in [1.29, 1.82) is 0 Å². The van der Waals surface area contributed by atoms with Crippen LogP contribution in [0.25, 0.3) is 0 Å². The summed E-state index contributed by atoms with van der Waals surface area (Å²) in [6.45, 7) is 0.455. The summed E-state index contributed by atoms with van der Waals surface area (Å²) in [6.07, 6.45) is -5.89. The van der Waals surface area contributed by atoms with Gasteiger partial charge in [0.15, 0.2) is 5.69 Å². The number of aromatic nitrogens is 2. The number of para-hydroxylation sites is 2. The molecule has 162 valence electrons. The first-order chi connectivity index (χ1) is 14.2. The molecular formula is C19H21F3N4O4. The predicted molar refractivity (Wildman–Crippen MR) is 100 cm³/mol. The molecule has 8 nitrogen and oxygen atoms in total. The normalized spacial score (nSPS) is 18.3. The maximum Gasteiger partial charge on any atom is 0.391 e. The van der Waals surface area contributed by atoms with Crippen LogP contribution in [-0.2, 0) is 22.6 Å². The molecule has 30 heavy (non-hydrogen) atoms. The number of hydrogen-bond acceptors (Lipinski definition) is 5. The van der Waals surface area contributed by atoms with Crippen LogP contribution in [0, 0.1) is 0 Å². The number of anilines is 1. The molecule has 0 spiro atoms. The number of H-pyrrole nitrogens is 1. The summed E-state index contributed by atoms with van der Waals surface area (Å²) in [5.41, 5.74) is 6.86. The number of amides is 2. The zero-order chi connectivity index (χ0) is 21.9. The molecule has 0 fully saturated rings. The Labute approximate surface area is 170 Å². The smallest absolute Gasteiger partial charge is 0.391 e. The Morgan fingerprint density at radius 3 is 2.80 bits per heavy atom. The fourth-order valence-corrected chi connectivity index (χ4v) is 3.23. The molecule has 4 rings (SSSR count). The first-order valence-electron chi connectivity index (χ1n) is 9.18. The molecule has 1 aromatic carbocycles. The lowest BCUT2D eigenvalue weighted by atomic mass is 10.0. The maximum absolute atomic E-state index is 12.2. The van der Waals surface area contributed by atoms with Gasteiger partial charge in [0.1, 0.15) is 5.75 Å². The van der Waals surface area contributed by atoms with Crippen LogP contribution < -0.4 is 15.4 Å². The number of carbonyl (C=O) groups excluding carboxylic acids is 2. The van der Waals surface area contributed by atoms with Crippen LogP contribution in [-0.4, -0.2) is 47.9 Å². The van der Waals surface area contributed by atoms with Gasteiger partial charge >= 0.3 is 6.18 Å². The van der Waals surface area contributed by atoms with E-state index < -0.39 is 24.6 Å². The largest absolute Gasteiger partial charge is 0.491 e. The number of hydrogen-bond donors (Lipinski definition) is 2. The lowest BCUT2D eigenvalue weighted by Gasteiger charge is -2.23. The Morgan fingerprint density at radius 2 is 2.10 bits per heavy atom. The van der Waals surface area contributed by atoms with Crippen LogP contribution in [0.3, 0.4) is 0 Å². The van der Waals surface area contributed by atoms with Crippen LogP contribution in [0.15, 0.2) is 24.3 Å². The Balaban J connectivity index is 0.000000177. The summed E-state index contributed by atoms with van der Waals surface area (Å²) in [6, 6.07) is 7.57. The molecule has 3 heterocycles. The Bertz CT molecular complexity index is 929. The van der Waals surface area contributed by atoms with Crippen molar-refractivity contribution in [3.63, 3.8) is 0 Å². The van der Waals surface area contributed by atoms with Gasteiger partial charge < -0.3 is 20.1 Å². The van der Waals surface area contributed by atoms with Gasteiger partial charge in [0.05, 0.1) is 43.5 Å². The van der Waals surface area contributed by atoms with E-state index >= 15 is 0 Å². The van der Waals surface area contributed by atoms with Crippen LogP contribution in [0.5, 0.6) is 5.75 Å². The van der Waals surface area contributed by atoms with E-state index in [2.05, 4.69) is 10.2 Å². The van der Waals surface area contributed by atoms with Crippen LogP contribution in [0.1, 0.15) is 34.6 Å². The fraction of sp³-hybridized carbons (Fsp3) is 0.421. The quantitative estimate of drug-likeness (QED) is 0.766. The average molecular weight is 426 g/mol. The van der Waals surface area contributed by atoms with Crippen molar-refractivity contribution in [2.24, 2.45) is 5.73 Å². The zero-order valence-corrected chi connectivity index (χ0v) is 16.2. The molecule has 1 aromatic heterocycles. The summed E-state index contributed by atoms with van der Waals surface area (Å²) in [7, 11) is 1.77. The zero-order valence-electron chi connectivity index (χ0n) is 16.2. The number of rotatable bonds is 2. The topological polar surface area (TPSA) is 111 Å². The second-order valence-electron chi connectivity index (χ2n) is 6.87. The van der Waals surface area contributed by atoms with Gasteiger partial charge in [0.2, 0.25) is 5.91 Å². The van der Waals surface area contributed by atoms with Gasteiger partial charge in [-0.3, -0.25) is 14.7 Å². The number of carbonyl (C=O) groups is 2. The Morgan fingerprint density at radius 1 is 1.37 bits per heavy atom. The standard InChI is InChI=1S/C10H11NO2.C9H10F3N3O2/c1-11-8-4-2-3-5-9(8)13-7-6-10(11)12;10-9(11,12)2-4-1-5-6(3-17-4)14-15-7(5)8(13)16/h2-5H,6-7H2,1H3;4H,1-3H2,(H2,13,16)(H,14,15). The number of halogens is 3. The molecule has 3 N–H and O–H groups in total. The molecular weight excluding hydrogens is 405 g/mol. The van der Waals surface area contributed by atoms with Gasteiger partial charge in [0, 0.05) is 19.0 Å². The summed E-state index contributed by atoms with van der Waals surface area (Å²) in [4.78, 5) is 24.1. The summed E-state index contributed by atoms with van der Waals surface area (Å²) in [5.74, 6) is 0.135. The lowest BCUT2D eigenvalue weighted by molar-refractivity contribution is -0.163. The SMILES string of the molecule is CN1C(=O)CCOc2ccccc21.NC(=O)c1n[nH]c2c1CC(CC(F)(F)F)OC2. The van der Waals surface area contributed by atoms with Crippen molar-refractivity contribution in [2.45, 2.75) is 38.1 Å². The number of fused-ring (bicyclic) bond motifs is 2. The number of nitrogens with one attached hydrogen (secondary N) is 1. The molecule has 11 heteroatoms. The second-order valence-corrected chi connectivity index (χ2v) is 6.87. The number of nitrogens with zero attached hydrogens (tertiary/aromatic N) is 2. The number of nitrogens with two attached hydrogens (primary N) is 1. The average Bonchev–Trinajstić information content (AvgIpc) is 3.04. The predicted octanol–water partition coefficient (Wildman–Crippen LogP) is 2.33. The molecule has 2 aliphatic heterocycles. The van der Waals surface area contributed by atoms with E-state index in [1.165, 1.54) is 0 Å². The highest BCUT2D eigenvalue weighted by Gasteiger charge is 2.36. The van der Waals surface area contributed by atoms with E-state index in [-0.39, 0.29) is 24.6 Å². The van der Waals surface area contributed by atoms with Gasteiger partial charge in [-0.2, -0.15) is 18.3 Å². The van der Waals surface area contributed by atoms with Crippen molar-refractivity contribution in [1.82, 2.24) is 10.2 Å². The van der Waals surface area contributed by atoms with E-state index in [1.807, 2.05) is 24.3 Å². The summed E-state index contributed by atoms with van der Waals surface area (Å²) in [5, 5.41) is 6.20. The minimum Gasteiger partial charge on any atom is -0.491 e. The van der Waals surface area contributed by atoms with Crippen LogP contribution in [0.2, 0.25) is 0 Å². The third-order valence-corrected chi connectivity index (χ3v) is 4.71. The van der Waals surface area contributed by atoms with E-state index in [0.717, 1.165) is 11.4 Å². The molecule has 2 aliphatic rings. The van der Waals surface area contributed by atoms with Gasteiger partial charge in [-0.15, -0.1) is 0 Å². The minimum atomic E-state index is -4.29. The Kier molecular flexibility index (Phi) is 6.30. The number of primary amides is 1. The minimum absolute atomic E-state index is 0.00419. The third-order valence-electron chi connectivity index (χ3n) is 4.71. The number of alkyl halides is 3.